The van der Waals surface area contributed by atoms with Gasteiger partial charge in [-0.05, 0) is 52.4 Å². The van der Waals surface area contributed by atoms with Crippen LogP contribution >= 0.6 is 0 Å². The van der Waals surface area contributed by atoms with Crippen LogP contribution in [0.25, 0.3) is 0 Å². The van der Waals surface area contributed by atoms with Crippen LogP contribution in [0.5, 0.6) is 0 Å². The molecule has 2 saturated heterocycles. The molecule has 3 heteroatoms. The lowest BCUT2D eigenvalue weighted by molar-refractivity contribution is -0.0513. The molecule has 2 saturated carbocycles. The van der Waals surface area contributed by atoms with Gasteiger partial charge < -0.3 is 14.2 Å². The van der Waals surface area contributed by atoms with Crippen LogP contribution in [0.1, 0.15) is 52.4 Å². The Labute approximate surface area is 103 Å². The minimum atomic E-state index is 0.144. The van der Waals surface area contributed by atoms with Crippen LogP contribution in [0.4, 0.5) is 0 Å². The van der Waals surface area contributed by atoms with Gasteiger partial charge in [-0.2, -0.15) is 0 Å². The molecular weight excluding hydrogens is 216 g/mol. The van der Waals surface area contributed by atoms with E-state index in [-0.39, 0.29) is 11.2 Å². The second kappa shape index (κ2) is 3.25. The van der Waals surface area contributed by atoms with E-state index < -0.39 is 0 Å². The predicted molar refractivity (Wildman–Crippen MR) is 62.9 cm³/mol. The van der Waals surface area contributed by atoms with E-state index in [1.54, 1.807) is 0 Å². The third-order valence-corrected chi connectivity index (χ3v) is 5.23. The zero-order valence-corrected chi connectivity index (χ0v) is 10.8. The highest BCUT2D eigenvalue weighted by atomic mass is 16.7. The molecule has 0 bridgehead atoms. The largest absolute Gasteiger partial charge is 0.369 e. The summed E-state index contributed by atoms with van der Waals surface area (Å²) in [5.74, 6) is 0. The van der Waals surface area contributed by atoms with E-state index in [0.29, 0.717) is 24.4 Å². The van der Waals surface area contributed by atoms with Crippen molar-refractivity contribution >= 4 is 0 Å². The molecule has 0 aromatic heterocycles. The lowest BCUT2D eigenvalue weighted by Crippen LogP contribution is -2.38. The first-order chi connectivity index (χ1) is 8.11. The number of rotatable bonds is 2. The summed E-state index contributed by atoms with van der Waals surface area (Å²) in [4.78, 5) is 0. The molecule has 4 rings (SSSR count). The van der Waals surface area contributed by atoms with E-state index in [0.717, 1.165) is 0 Å². The van der Waals surface area contributed by atoms with E-state index in [2.05, 4.69) is 13.8 Å². The molecule has 96 valence electrons. The van der Waals surface area contributed by atoms with Crippen molar-refractivity contribution in [1.82, 2.24) is 0 Å². The van der Waals surface area contributed by atoms with Gasteiger partial charge >= 0.3 is 0 Å². The first-order valence-electron chi connectivity index (χ1n) is 7.12. The summed E-state index contributed by atoms with van der Waals surface area (Å²) in [6.07, 6.45) is 8.61. The van der Waals surface area contributed by atoms with E-state index in [4.69, 9.17) is 14.2 Å². The van der Waals surface area contributed by atoms with Gasteiger partial charge in [-0.25, -0.2) is 0 Å². The molecule has 6 unspecified atom stereocenters. The Morgan fingerprint density at radius 3 is 1.82 bits per heavy atom. The summed E-state index contributed by atoms with van der Waals surface area (Å²) in [6.45, 7) is 4.46. The molecule has 0 aromatic rings. The molecule has 0 N–H and O–H groups in total. The highest BCUT2D eigenvalue weighted by Crippen LogP contribution is 2.52. The molecule has 3 nitrogen and oxygen atoms in total. The lowest BCUT2D eigenvalue weighted by atomic mass is 9.86. The van der Waals surface area contributed by atoms with Crippen LogP contribution in [-0.4, -0.2) is 35.6 Å². The summed E-state index contributed by atoms with van der Waals surface area (Å²) in [6, 6.07) is 0. The third-order valence-electron chi connectivity index (χ3n) is 5.23. The Hall–Kier alpha value is -0.120. The Morgan fingerprint density at radius 1 is 0.882 bits per heavy atom. The van der Waals surface area contributed by atoms with Crippen LogP contribution in [0.15, 0.2) is 0 Å². The molecule has 2 aliphatic heterocycles. The molecular formula is C14H22O3. The van der Waals surface area contributed by atoms with Gasteiger partial charge in [0, 0.05) is 0 Å². The summed E-state index contributed by atoms with van der Waals surface area (Å²) in [5, 5.41) is 0. The standard InChI is InChI=1S/C14H22O3/c1-13-7-3-5-9(11(13)16-13)15-10-6-4-8-14(2)12(10)17-14/h9-12H,3-8H2,1-2H3. The van der Waals surface area contributed by atoms with Crippen molar-refractivity contribution in [2.75, 3.05) is 0 Å². The first-order valence-corrected chi connectivity index (χ1v) is 7.12. The number of hydrogen-bond donors (Lipinski definition) is 0. The molecule has 0 radical (unpaired) electrons. The van der Waals surface area contributed by atoms with E-state index in [9.17, 15) is 0 Å². The Kier molecular flexibility index (Phi) is 2.06. The van der Waals surface area contributed by atoms with Crippen molar-refractivity contribution < 1.29 is 14.2 Å². The fourth-order valence-electron chi connectivity index (χ4n) is 3.97. The summed E-state index contributed by atoms with van der Waals surface area (Å²) in [7, 11) is 0. The van der Waals surface area contributed by atoms with Crippen molar-refractivity contribution in [1.29, 1.82) is 0 Å². The Bertz CT molecular complexity index is 312. The third kappa shape index (κ3) is 1.59. The number of fused-ring (bicyclic) bond motifs is 2. The Morgan fingerprint density at radius 2 is 1.35 bits per heavy atom. The normalized spacial score (nSPS) is 60.4. The van der Waals surface area contributed by atoms with Gasteiger partial charge in [0.1, 0.15) is 12.2 Å². The van der Waals surface area contributed by atoms with Crippen LogP contribution in [0.2, 0.25) is 0 Å². The topological polar surface area (TPSA) is 34.3 Å². The van der Waals surface area contributed by atoms with E-state index >= 15 is 0 Å². The van der Waals surface area contributed by atoms with Crippen molar-refractivity contribution in [2.24, 2.45) is 0 Å². The van der Waals surface area contributed by atoms with Gasteiger partial charge in [0.05, 0.1) is 23.4 Å². The van der Waals surface area contributed by atoms with Gasteiger partial charge in [-0.1, -0.05) is 0 Å². The minimum Gasteiger partial charge on any atom is -0.369 e. The maximum absolute atomic E-state index is 6.32. The maximum Gasteiger partial charge on any atom is 0.113 e. The molecule has 17 heavy (non-hydrogen) atoms. The highest BCUT2D eigenvalue weighted by molar-refractivity contribution is 5.10. The molecule has 4 fully saturated rings. The summed E-state index contributed by atoms with van der Waals surface area (Å²) < 4.78 is 18.0. The fraction of sp³-hybridized carbons (Fsp3) is 1.00. The SMILES string of the molecule is CC12CCCC(OC3CCCC4(C)OC34)C1O2. The molecule has 0 spiro atoms. The first kappa shape index (κ1) is 10.8. The quantitative estimate of drug-likeness (QED) is 0.693. The second-order valence-corrected chi connectivity index (χ2v) is 6.70. The zero-order valence-electron chi connectivity index (χ0n) is 10.8. The zero-order chi connectivity index (χ0) is 11.7. The van der Waals surface area contributed by atoms with Gasteiger partial charge in [0.15, 0.2) is 0 Å². The van der Waals surface area contributed by atoms with Crippen LogP contribution in [0, 0.1) is 0 Å². The van der Waals surface area contributed by atoms with Crippen molar-refractivity contribution in [3.8, 4) is 0 Å². The molecule has 4 aliphatic rings. The van der Waals surface area contributed by atoms with Gasteiger partial charge in [0.2, 0.25) is 0 Å². The Balaban J connectivity index is 1.41. The molecule has 2 heterocycles. The van der Waals surface area contributed by atoms with E-state index in [1.807, 2.05) is 0 Å². The second-order valence-electron chi connectivity index (χ2n) is 6.70. The number of ether oxygens (including phenoxy) is 3. The van der Waals surface area contributed by atoms with Crippen LogP contribution in [-0.2, 0) is 14.2 Å². The predicted octanol–water partition coefficient (Wildman–Crippen LogP) is 2.42. The molecule has 0 amide bonds. The molecule has 2 aliphatic carbocycles. The lowest BCUT2D eigenvalue weighted by Gasteiger charge is -2.29. The maximum atomic E-state index is 6.32. The van der Waals surface area contributed by atoms with Crippen LogP contribution in [0.3, 0.4) is 0 Å². The van der Waals surface area contributed by atoms with Gasteiger partial charge in [-0.3, -0.25) is 0 Å². The minimum absolute atomic E-state index is 0.144. The molecule has 6 atom stereocenters. The fourth-order valence-corrected chi connectivity index (χ4v) is 3.97. The highest BCUT2D eigenvalue weighted by Gasteiger charge is 2.62. The van der Waals surface area contributed by atoms with E-state index in [1.165, 1.54) is 38.5 Å². The summed E-state index contributed by atoms with van der Waals surface area (Å²) in [5.41, 5.74) is 0.288. The van der Waals surface area contributed by atoms with Crippen molar-refractivity contribution in [3.63, 3.8) is 0 Å². The monoisotopic (exact) mass is 238 g/mol. The number of epoxide rings is 2. The van der Waals surface area contributed by atoms with Crippen LogP contribution < -0.4 is 0 Å². The van der Waals surface area contributed by atoms with Gasteiger partial charge in [0.25, 0.3) is 0 Å². The average molecular weight is 238 g/mol. The van der Waals surface area contributed by atoms with Gasteiger partial charge in [-0.15, -0.1) is 0 Å². The number of hydrogen-bond acceptors (Lipinski definition) is 3. The molecule has 0 aromatic carbocycles. The average Bonchev–Trinajstić information content (AvgIpc) is 3.13. The summed E-state index contributed by atoms with van der Waals surface area (Å²) >= 11 is 0. The smallest absolute Gasteiger partial charge is 0.113 e. The van der Waals surface area contributed by atoms with Crippen molar-refractivity contribution in [3.05, 3.63) is 0 Å². The van der Waals surface area contributed by atoms with Crippen molar-refractivity contribution in [2.45, 2.75) is 88.0 Å².